The monoisotopic (exact) mass is 1100 g/mol. The summed E-state index contributed by atoms with van der Waals surface area (Å²) in [6, 6.07) is 0. The summed E-state index contributed by atoms with van der Waals surface area (Å²) in [5, 5.41) is 31.5. The SMILES string of the molecule is CC/C=C\C/C=C\C/C=C\C/C=C\CCCCCCCCC(=O)OCC(COC1OC(C(=O)O)C(O)C(O)C1OC(=O)CCCCCC/C=C\C/C=C\C/C=C\C/C=C\CC)OC(=O)CCCCCCC/C=C\CCCCCC. The molecule has 1 saturated heterocycles. The van der Waals surface area contributed by atoms with E-state index in [1.807, 2.05) is 0 Å². The van der Waals surface area contributed by atoms with Crippen LogP contribution in [0, 0.1) is 0 Å². The van der Waals surface area contributed by atoms with E-state index in [9.17, 15) is 34.5 Å². The molecule has 1 rings (SSSR count). The van der Waals surface area contributed by atoms with Gasteiger partial charge in [-0.05, 0) is 122 Å². The molecule has 12 heteroatoms. The van der Waals surface area contributed by atoms with Crippen molar-refractivity contribution in [3.8, 4) is 0 Å². The van der Waals surface area contributed by atoms with Crippen molar-refractivity contribution >= 4 is 23.9 Å². The van der Waals surface area contributed by atoms with Crippen LogP contribution in [0.5, 0.6) is 0 Å². The Labute approximate surface area is 478 Å². The molecule has 0 spiro atoms. The molecule has 0 aromatic heterocycles. The van der Waals surface area contributed by atoms with Crippen molar-refractivity contribution in [2.45, 2.75) is 276 Å². The molecular weight excluding hydrogens is 997 g/mol. The van der Waals surface area contributed by atoms with Gasteiger partial charge in [-0.15, -0.1) is 0 Å². The molecule has 1 aliphatic rings. The molecule has 0 bridgehead atoms. The second kappa shape index (κ2) is 54.0. The number of esters is 3. The van der Waals surface area contributed by atoms with Crippen LogP contribution in [0.2, 0.25) is 0 Å². The number of hydrogen-bond acceptors (Lipinski definition) is 11. The summed E-state index contributed by atoms with van der Waals surface area (Å²) in [7, 11) is 0. The van der Waals surface area contributed by atoms with Gasteiger partial charge in [0.1, 0.15) is 18.8 Å². The quantitative estimate of drug-likeness (QED) is 0.0228. The Kier molecular flexibility index (Phi) is 49.5. The summed E-state index contributed by atoms with van der Waals surface area (Å²) in [5.74, 6) is -3.19. The first kappa shape index (κ1) is 72.4. The van der Waals surface area contributed by atoms with Crippen LogP contribution in [0.4, 0.5) is 0 Å². The van der Waals surface area contributed by atoms with Crippen LogP contribution in [-0.2, 0) is 42.9 Å². The zero-order valence-corrected chi connectivity index (χ0v) is 49.3. The van der Waals surface area contributed by atoms with Gasteiger partial charge in [0.25, 0.3) is 0 Å². The number of carbonyl (C=O) groups is 4. The molecule has 0 aliphatic carbocycles. The van der Waals surface area contributed by atoms with Crippen molar-refractivity contribution in [3.63, 3.8) is 0 Å². The van der Waals surface area contributed by atoms with E-state index in [1.54, 1.807) is 0 Å². The third kappa shape index (κ3) is 43.8. The first-order valence-corrected chi connectivity index (χ1v) is 30.9. The van der Waals surface area contributed by atoms with Gasteiger partial charge in [-0.3, -0.25) is 14.4 Å². The van der Waals surface area contributed by atoms with E-state index in [1.165, 1.54) is 25.7 Å². The lowest BCUT2D eigenvalue weighted by Gasteiger charge is -2.40. The lowest BCUT2D eigenvalue weighted by atomic mass is 9.98. The van der Waals surface area contributed by atoms with E-state index >= 15 is 0 Å². The maximum absolute atomic E-state index is 13.2. The minimum atomic E-state index is -1.92. The smallest absolute Gasteiger partial charge is 0.335 e. The van der Waals surface area contributed by atoms with Crippen LogP contribution in [0.15, 0.2) is 109 Å². The lowest BCUT2D eigenvalue weighted by Crippen LogP contribution is -2.61. The molecule has 12 nitrogen and oxygen atoms in total. The van der Waals surface area contributed by atoms with Crippen molar-refractivity contribution < 1.29 is 58.2 Å². The van der Waals surface area contributed by atoms with Gasteiger partial charge in [-0.1, -0.05) is 207 Å². The van der Waals surface area contributed by atoms with Crippen molar-refractivity contribution in [2.24, 2.45) is 0 Å². The van der Waals surface area contributed by atoms with E-state index in [0.29, 0.717) is 19.3 Å². The van der Waals surface area contributed by atoms with Crippen LogP contribution < -0.4 is 0 Å². The number of aliphatic hydroxyl groups is 2. The van der Waals surface area contributed by atoms with Gasteiger partial charge < -0.3 is 39.0 Å². The zero-order valence-electron chi connectivity index (χ0n) is 49.3. The van der Waals surface area contributed by atoms with Gasteiger partial charge in [0.05, 0.1) is 6.61 Å². The zero-order chi connectivity index (χ0) is 57.5. The highest BCUT2D eigenvalue weighted by Crippen LogP contribution is 2.26. The fourth-order valence-corrected chi connectivity index (χ4v) is 8.64. The van der Waals surface area contributed by atoms with Crippen LogP contribution in [0.3, 0.4) is 0 Å². The Balaban J connectivity index is 2.70. The summed E-state index contributed by atoms with van der Waals surface area (Å²) in [6.07, 6.45) is 60.5. The predicted octanol–water partition coefficient (Wildman–Crippen LogP) is 16.2. The third-order valence-electron chi connectivity index (χ3n) is 13.3. The normalized spacial score (nSPS) is 18.6. The first-order chi connectivity index (χ1) is 38.6. The molecule has 1 fully saturated rings. The molecule has 1 heterocycles. The fraction of sp³-hybridized carbons (Fsp3) is 0.672. The standard InChI is InChI=1S/C67H108O12/c1-4-7-10-13-16-19-22-25-27-29-30-32-33-36-38-41-44-47-50-53-59(68)75-56-58(77-60(69)54-51-48-45-42-39-35-24-21-18-15-12-9-6-3)57-76-67-65(63(72)62(71)64(79-67)66(73)74)78-61(70)55-52-49-46-43-40-37-34-31-28-26-23-20-17-14-11-8-5-2/h7-8,10-11,16-17,19-21,24-28,30,32,34,37,58,62-65,67,71-72H,4-6,9,12-15,18,22-23,29,31,33,35-36,38-57H2,1-3H3,(H,73,74)/b10-7-,11-8-,19-16-,20-17-,24-21-,27-25-,28-26-,32-30-,37-34-. The maximum atomic E-state index is 13.2. The highest BCUT2D eigenvalue weighted by Gasteiger charge is 2.50. The van der Waals surface area contributed by atoms with E-state index in [0.717, 1.165) is 154 Å². The minimum absolute atomic E-state index is 0.0253. The number of carboxylic acid groups (broad SMARTS) is 1. The summed E-state index contributed by atoms with van der Waals surface area (Å²) < 4.78 is 28.4. The van der Waals surface area contributed by atoms with Gasteiger partial charge >= 0.3 is 23.9 Å². The molecule has 448 valence electrons. The Hall–Kier alpha value is -4.62. The first-order valence-electron chi connectivity index (χ1n) is 30.9. The second-order valence-corrected chi connectivity index (χ2v) is 20.6. The Morgan fingerprint density at radius 2 is 0.797 bits per heavy atom. The van der Waals surface area contributed by atoms with Gasteiger partial charge in [0.15, 0.2) is 24.6 Å². The fourth-order valence-electron chi connectivity index (χ4n) is 8.64. The van der Waals surface area contributed by atoms with Crippen LogP contribution >= 0.6 is 0 Å². The highest BCUT2D eigenvalue weighted by molar-refractivity contribution is 5.74. The van der Waals surface area contributed by atoms with Crippen LogP contribution in [0.25, 0.3) is 0 Å². The largest absolute Gasteiger partial charge is 0.479 e. The number of aliphatic carboxylic acids is 1. The van der Waals surface area contributed by atoms with E-state index < -0.39 is 67.3 Å². The Morgan fingerprint density at radius 3 is 1.23 bits per heavy atom. The number of hydrogen-bond donors (Lipinski definition) is 3. The molecule has 0 aromatic rings. The van der Waals surface area contributed by atoms with Gasteiger partial charge in [-0.25, -0.2) is 4.79 Å². The number of allylic oxidation sites excluding steroid dienone is 18. The molecule has 1 aliphatic heterocycles. The third-order valence-corrected chi connectivity index (χ3v) is 13.3. The topological polar surface area (TPSA) is 175 Å². The average Bonchev–Trinajstić information content (AvgIpc) is 3.47. The molecule has 3 N–H and O–H groups in total. The molecule has 0 aromatic carbocycles. The number of carboxylic acids is 1. The Bertz CT molecular complexity index is 1790. The van der Waals surface area contributed by atoms with Crippen molar-refractivity contribution in [1.29, 1.82) is 0 Å². The van der Waals surface area contributed by atoms with E-state index in [2.05, 4.69) is 130 Å². The maximum Gasteiger partial charge on any atom is 0.335 e. The van der Waals surface area contributed by atoms with Gasteiger partial charge in [-0.2, -0.15) is 0 Å². The number of unbranched alkanes of at least 4 members (excludes halogenated alkanes) is 19. The second-order valence-electron chi connectivity index (χ2n) is 20.6. The minimum Gasteiger partial charge on any atom is -0.479 e. The molecule has 0 amide bonds. The summed E-state index contributed by atoms with van der Waals surface area (Å²) >= 11 is 0. The summed E-state index contributed by atoms with van der Waals surface area (Å²) in [6.45, 7) is 5.72. The van der Waals surface area contributed by atoms with Crippen molar-refractivity contribution in [1.82, 2.24) is 0 Å². The number of aliphatic hydroxyl groups excluding tert-OH is 2. The molecule has 0 saturated carbocycles. The number of ether oxygens (including phenoxy) is 5. The predicted molar refractivity (Wildman–Crippen MR) is 321 cm³/mol. The van der Waals surface area contributed by atoms with Crippen molar-refractivity contribution in [2.75, 3.05) is 13.2 Å². The van der Waals surface area contributed by atoms with Gasteiger partial charge in [0.2, 0.25) is 0 Å². The number of rotatable bonds is 51. The van der Waals surface area contributed by atoms with E-state index in [-0.39, 0.29) is 25.9 Å². The summed E-state index contributed by atoms with van der Waals surface area (Å²) in [4.78, 5) is 51.2. The Morgan fingerprint density at radius 1 is 0.430 bits per heavy atom. The molecule has 79 heavy (non-hydrogen) atoms. The molecule has 6 atom stereocenters. The lowest BCUT2D eigenvalue weighted by molar-refractivity contribution is -0.301. The molecular formula is C67H108O12. The summed E-state index contributed by atoms with van der Waals surface area (Å²) in [5.41, 5.74) is 0. The number of carbonyl (C=O) groups excluding carboxylic acids is 3. The van der Waals surface area contributed by atoms with E-state index in [4.69, 9.17) is 23.7 Å². The van der Waals surface area contributed by atoms with Gasteiger partial charge in [0, 0.05) is 19.3 Å². The molecule has 0 radical (unpaired) electrons. The highest BCUT2D eigenvalue weighted by atomic mass is 16.7. The average molecular weight is 1110 g/mol. The van der Waals surface area contributed by atoms with Crippen LogP contribution in [-0.4, -0.2) is 89.2 Å². The van der Waals surface area contributed by atoms with Crippen LogP contribution in [0.1, 0.15) is 239 Å². The van der Waals surface area contributed by atoms with Crippen molar-refractivity contribution in [3.05, 3.63) is 109 Å². The molecule has 6 unspecified atom stereocenters.